The fourth-order valence-corrected chi connectivity index (χ4v) is 2.16. The van der Waals surface area contributed by atoms with Crippen LogP contribution in [0.25, 0.3) is 0 Å². The Morgan fingerprint density at radius 2 is 2.00 bits per heavy atom. The number of hydrogen-bond donors (Lipinski definition) is 1. The van der Waals surface area contributed by atoms with E-state index in [1.165, 1.54) is 0 Å². The van der Waals surface area contributed by atoms with E-state index in [2.05, 4.69) is 41.0 Å². The molecule has 0 aliphatic carbocycles. The van der Waals surface area contributed by atoms with E-state index in [1.54, 1.807) is 18.6 Å². The standard InChI is InChI=1S/C19H28N4O2/c1-4-6-10-21-19-17(14-22-18(23-19)15(3)5-2)25-12-11-24-16-8-7-9-20-13-16/h7-9,13-15H,4-6,10-12H2,1-3H3,(H,21,22,23). The third-order valence-electron chi connectivity index (χ3n) is 3.89. The lowest BCUT2D eigenvalue weighted by Crippen LogP contribution is -2.13. The molecule has 2 heterocycles. The third kappa shape index (κ3) is 6.21. The van der Waals surface area contributed by atoms with E-state index in [0.717, 1.165) is 43.2 Å². The fourth-order valence-electron chi connectivity index (χ4n) is 2.16. The second kappa shape index (κ2) is 10.5. The SMILES string of the molecule is CCCCNc1nc(C(C)CC)ncc1OCCOc1cccnc1. The molecule has 136 valence electrons. The van der Waals surface area contributed by atoms with Crippen LogP contribution in [0.3, 0.4) is 0 Å². The van der Waals surface area contributed by atoms with E-state index in [9.17, 15) is 0 Å². The van der Waals surface area contributed by atoms with Gasteiger partial charge < -0.3 is 14.8 Å². The molecule has 6 heteroatoms. The van der Waals surface area contributed by atoms with Crippen molar-refractivity contribution in [1.82, 2.24) is 15.0 Å². The Kier molecular flexibility index (Phi) is 7.95. The molecule has 0 fully saturated rings. The zero-order chi connectivity index (χ0) is 17.9. The van der Waals surface area contributed by atoms with Gasteiger partial charge in [-0.25, -0.2) is 9.97 Å². The van der Waals surface area contributed by atoms with Crippen molar-refractivity contribution in [2.75, 3.05) is 25.1 Å². The van der Waals surface area contributed by atoms with Crippen molar-refractivity contribution in [1.29, 1.82) is 0 Å². The summed E-state index contributed by atoms with van der Waals surface area (Å²) in [5.74, 6) is 3.34. The van der Waals surface area contributed by atoms with Crippen molar-refractivity contribution < 1.29 is 9.47 Å². The molecule has 1 unspecified atom stereocenters. The van der Waals surface area contributed by atoms with E-state index in [0.29, 0.717) is 24.9 Å². The summed E-state index contributed by atoms with van der Waals surface area (Å²) in [6, 6.07) is 3.71. The van der Waals surface area contributed by atoms with Crippen LogP contribution in [0.2, 0.25) is 0 Å². The molecule has 0 aliphatic heterocycles. The highest BCUT2D eigenvalue weighted by atomic mass is 16.5. The smallest absolute Gasteiger partial charge is 0.180 e. The van der Waals surface area contributed by atoms with Gasteiger partial charge in [0.1, 0.15) is 24.8 Å². The summed E-state index contributed by atoms with van der Waals surface area (Å²) in [4.78, 5) is 13.1. The zero-order valence-corrected chi connectivity index (χ0v) is 15.4. The minimum absolute atomic E-state index is 0.328. The maximum atomic E-state index is 5.83. The predicted octanol–water partition coefficient (Wildman–Crippen LogP) is 4.05. The number of nitrogens with zero attached hydrogens (tertiary/aromatic N) is 3. The lowest BCUT2D eigenvalue weighted by atomic mass is 10.1. The van der Waals surface area contributed by atoms with Gasteiger partial charge in [-0.2, -0.15) is 0 Å². The second-order valence-electron chi connectivity index (χ2n) is 5.92. The number of ether oxygens (including phenoxy) is 2. The lowest BCUT2D eigenvalue weighted by molar-refractivity contribution is 0.216. The minimum Gasteiger partial charge on any atom is -0.488 e. The molecule has 1 atom stereocenters. The number of nitrogens with one attached hydrogen (secondary N) is 1. The molecule has 0 radical (unpaired) electrons. The van der Waals surface area contributed by atoms with E-state index in [1.807, 2.05) is 12.1 Å². The maximum Gasteiger partial charge on any atom is 0.180 e. The molecule has 0 saturated carbocycles. The molecule has 2 aromatic heterocycles. The summed E-state index contributed by atoms with van der Waals surface area (Å²) >= 11 is 0. The summed E-state index contributed by atoms with van der Waals surface area (Å²) in [6.45, 7) is 8.16. The van der Waals surface area contributed by atoms with Crippen LogP contribution in [0.4, 0.5) is 5.82 Å². The molecular formula is C19H28N4O2. The van der Waals surface area contributed by atoms with Crippen LogP contribution in [-0.4, -0.2) is 34.7 Å². The van der Waals surface area contributed by atoms with Crippen LogP contribution in [0.15, 0.2) is 30.7 Å². The van der Waals surface area contributed by atoms with Crippen LogP contribution in [-0.2, 0) is 0 Å². The molecule has 25 heavy (non-hydrogen) atoms. The molecular weight excluding hydrogens is 316 g/mol. The number of hydrogen-bond acceptors (Lipinski definition) is 6. The highest BCUT2D eigenvalue weighted by Crippen LogP contribution is 2.24. The molecule has 0 aromatic carbocycles. The van der Waals surface area contributed by atoms with Crippen molar-refractivity contribution in [3.63, 3.8) is 0 Å². The van der Waals surface area contributed by atoms with Gasteiger partial charge in [-0.15, -0.1) is 0 Å². The van der Waals surface area contributed by atoms with Gasteiger partial charge >= 0.3 is 0 Å². The van der Waals surface area contributed by atoms with Crippen LogP contribution < -0.4 is 14.8 Å². The summed E-state index contributed by atoms with van der Waals surface area (Å²) in [7, 11) is 0. The first-order valence-electron chi connectivity index (χ1n) is 9.01. The van der Waals surface area contributed by atoms with Gasteiger partial charge in [-0.05, 0) is 25.0 Å². The number of unbranched alkanes of at least 4 members (excludes halogenated alkanes) is 1. The molecule has 0 saturated heterocycles. The Balaban J connectivity index is 1.94. The predicted molar refractivity (Wildman–Crippen MR) is 99.4 cm³/mol. The Labute approximate surface area is 150 Å². The Hall–Kier alpha value is -2.37. The second-order valence-corrected chi connectivity index (χ2v) is 5.92. The molecule has 0 amide bonds. The van der Waals surface area contributed by atoms with Gasteiger partial charge in [0.15, 0.2) is 11.6 Å². The summed E-state index contributed by atoms with van der Waals surface area (Å²) in [6.07, 6.45) is 8.38. The normalized spacial score (nSPS) is 11.8. The highest BCUT2D eigenvalue weighted by Gasteiger charge is 2.12. The Bertz CT molecular complexity index is 622. The quantitative estimate of drug-likeness (QED) is 0.620. The highest BCUT2D eigenvalue weighted by molar-refractivity contribution is 5.48. The number of aromatic nitrogens is 3. The topological polar surface area (TPSA) is 69.2 Å². The third-order valence-corrected chi connectivity index (χ3v) is 3.89. The van der Waals surface area contributed by atoms with E-state index in [-0.39, 0.29) is 0 Å². The van der Waals surface area contributed by atoms with Gasteiger partial charge in [-0.3, -0.25) is 4.98 Å². The fraction of sp³-hybridized carbons (Fsp3) is 0.526. The zero-order valence-electron chi connectivity index (χ0n) is 15.4. The molecule has 0 bridgehead atoms. The van der Waals surface area contributed by atoms with Crippen LogP contribution in [0.1, 0.15) is 51.8 Å². The maximum absolute atomic E-state index is 5.83. The number of anilines is 1. The molecule has 2 aromatic rings. The Morgan fingerprint density at radius 3 is 2.72 bits per heavy atom. The van der Waals surface area contributed by atoms with E-state index < -0.39 is 0 Å². The molecule has 0 spiro atoms. The molecule has 6 nitrogen and oxygen atoms in total. The molecule has 1 N–H and O–H groups in total. The van der Waals surface area contributed by atoms with Gasteiger partial charge in [0.2, 0.25) is 0 Å². The number of pyridine rings is 1. The van der Waals surface area contributed by atoms with Crippen molar-refractivity contribution in [2.24, 2.45) is 0 Å². The summed E-state index contributed by atoms with van der Waals surface area (Å²) < 4.78 is 11.4. The van der Waals surface area contributed by atoms with Crippen molar-refractivity contribution >= 4 is 5.82 Å². The van der Waals surface area contributed by atoms with Gasteiger partial charge in [0.25, 0.3) is 0 Å². The first-order chi connectivity index (χ1) is 12.2. The average molecular weight is 344 g/mol. The monoisotopic (exact) mass is 344 g/mol. The Morgan fingerprint density at radius 1 is 1.16 bits per heavy atom. The van der Waals surface area contributed by atoms with Gasteiger partial charge in [0.05, 0.1) is 12.4 Å². The summed E-state index contributed by atoms with van der Waals surface area (Å²) in [5.41, 5.74) is 0. The van der Waals surface area contributed by atoms with E-state index >= 15 is 0 Å². The first kappa shape index (κ1) is 19.0. The largest absolute Gasteiger partial charge is 0.488 e. The van der Waals surface area contributed by atoms with Gasteiger partial charge in [-0.1, -0.05) is 27.2 Å². The molecule has 0 aliphatic rings. The first-order valence-corrected chi connectivity index (χ1v) is 9.01. The van der Waals surface area contributed by atoms with Crippen LogP contribution >= 0.6 is 0 Å². The van der Waals surface area contributed by atoms with Gasteiger partial charge in [0, 0.05) is 18.7 Å². The minimum atomic E-state index is 0.328. The average Bonchev–Trinajstić information content (AvgIpc) is 2.66. The van der Waals surface area contributed by atoms with Crippen molar-refractivity contribution in [3.8, 4) is 11.5 Å². The molecule has 2 rings (SSSR count). The lowest BCUT2D eigenvalue weighted by Gasteiger charge is -2.15. The van der Waals surface area contributed by atoms with Crippen LogP contribution in [0.5, 0.6) is 11.5 Å². The van der Waals surface area contributed by atoms with Crippen molar-refractivity contribution in [3.05, 3.63) is 36.5 Å². The number of rotatable bonds is 11. The van der Waals surface area contributed by atoms with Crippen LogP contribution in [0, 0.1) is 0 Å². The summed E-state index contributed by atoms with van der Waals surface area (Å²) in [5, 5.41) is 3.37. The van der Waals surface area contributed by atoms with Crippen molar-refractivity contribution in [2.45, 2.75) is 46.0 Å². The van der Waals surface area contributed by atoms with E-state index in [4.69, 9.17) is 9.47 Å².